The van der Waals surface area contributed by atoms with E-state index >= 15 is 0 Å². The molecule has 0 radical (unpaired) electrons. The number of hydrogen-bond donors (Lipinski definition) is 4. The van der Waals surface area contributed by atoms with E-state index in [1.165, 1.54) is 0 Å². The lowest BCUT2D eigenvalue weighted by Gasteiger charge is -2.31. The molecule has 1 aliphatic rings. The maximum absolute atomic E-state index is 14.0. The Labute approximate surface area is 255 Å². The summed E-state index contributed by atoms with van der Waals surface area (Å²) in [6.07, 6.45) is 1.45. The van der Waals surface area contributed by atoms with Gasteiger partial charge in [0.25, 0.3) is 0 Å². The smallest absolute Gasteiger partial charge is 0.408 e. The number of nitrogens with two attached hydrogens (primary N) is 1. The first kappa shape index (κ1) is 28.7. The van der Waals surface area contributed by atoms with Crippen molar-refractivity contribution in [2.24, 2.45) is 5.73 Å². The van der Waals surface area contributed by atoms with Crippen molar-refractivity contribution in [2.75, 3.05) is 6.61 Å². The molecule has 0 bridgehead atoms. The minimum atomic E-state index is -1.47. The molecule has 0 fully saturated rings. The Bertz CT molecular complexity index is 1790. The van der Waals surface area contributed by atoms with Gasteiger partial charge in [-0.2, -0.15) is 0 Å². The molecule has 0 aliphatic heterocycles. The highest BCUT2D eigenvalue weighted by Crippen LogP contribution is 2.44. The predicted molar refractivity (Wildman–Crippen MR) is 170 cm³/mol. The summed E-state index contributed by atoms with van der Waals surface area (Å²) in [6, 6.07) is 32.3. The van der Waals surface area contributed by atoms with Crippen molar-refractivity contribution in [3.63, 3.8) is 0 Å². The number of nitrogens with one attached hydrogen (secondary N) is 3. The largest absolute Gasteiger partial charge is 0.449 e. The van der Waals surface area contributed by atoms with Crippen LogP contribution in [0.15, 0.2) is 109 Å². The molecule has 1 unspecified atom stereocenters. The number of carbonyl (C=O) groups excluding carboxylic acids is 3. The fourth-order valence-corrected chi connectivity index (χ4v) is 6.09. The molecule has 44 heavy (non-hydrogen) atoms. The number of ether oxygens (including phenoxy) is 1. The Morgan fingerprint density at radius 1 is 0.864 bits per heavy atom. The highest BCUT2D eigenvalue weighted by atomic mass is 16.5. The Kier molecular flexibility index (Phi) is 7.89. The van der Waals surface area contributed by atoms with Crippen LogP contribution in [0.3, 0.4) is 0 Å². The maximum atomic E-state index is 14.0. The van der Waals surface area contributed by atoms with Gasteiger partial charge in [-0.25, -0.2) is 4.79 Å². The molecule has 2 atom stereocenters. The minimum absolute atomic E-state index is 0.0998. The average Bonchev–Trinajstić information content (AvgIpc) is 3.58. The third-order valence-corrected chi connectivity index (χ3v) is 8.37. The Morgan fingerprint density at radius 2 is 1.48 bits per heavy atom. The summed E-state index contributed by atoms with van der Waals surface area (Å²) in [6.45, 7) is 1.73. The van der Waals surface area contributed by atoms with Crippen LogP contribution in [0.25, 0.3) is 22.0 Å². The number of aromatic amines is 1. The molecule has 4 aromatic carbocycles. The molecule has 3 amide bonds. The molecule has 0 saturated carbocycles. The van der Waals surface area contributed by atoms with Crippen LogP contribution in [0, 0.1) is 0 Å². The number of primary amides is 1. The first-order valence-corrected chi connectivity index (χ1v) is 14.6. The zero-order chi connectivity index (χ0) is 30.7. The molecular weight excluding hydrogens is 552 g/mol. The number of alkyl carbamates (subject to hydrolysis) is 1. The summed E-state index contributed by atoms with van der Waals surface area (Å²) in [7, 11) is 0. The van der Waals surface area contributed by atoms with Gasteiger partial charge in [-0.1, -0.05) is 97.1 Å². The Morgan fingerprint density at radius 3 is 2.16 bits per heavy atom. The number of benzene rings is 4. The molecule has 222 valence electrons. The van der Waals surface area contributed by atoms with Gasteiger partial charge in [-0.15, -0.1) is 0 Å². The number of fused-ring (bicyclic) bond motifs is 4. The average molecular weight is 587 g/mol. The van der Waals surface area contributed by atoms with E-state index in [4.69, 9.17) is 10.5 Å². The molecule has 8 heteroatoms. The number of H-pyrrole nitrogens is 1. The Hall–Kier alpha value is -5.37. The standard InChI is InChI=1S/C36H34N4O4/c1-36(20-24-21-38-31-18-10-9-13-25(24)31,34(42)39-32(33(37)41)19-23-11-3-2-4-12-23)40-35(43)44-22-30-28-16-7-5-14-26(28)27-15-6-8-17-29(27)30/h2-18,21,30,32,38H,19-20,22H2,1H3,(H2,37,41)(H,39,42)(H,40,43)/t32-,36?/m0/s1. The topological polar surface area (TPSA) is 126 Å². The van der Waals surface area contributed by atoms with Crippen molar-refractivity contribution in [2.45, 2.75) is 37.3 Å². The van der Waals surface area contributed by atoms with Crippen LogP contribution in [0.2, 0.25) is 0 Å². The van der Waals surface area contributed by atoms with Crippen LogP contribution in [0.4, 0.5) is 4.79 Å². The molecular formula is C36H34N4O4. The van der Waals surface area contributed by atoms with Gasteiger partial charge in [0.15, 0.2) is 0 Å². The van der Waals surface area contributed by atoms with E-state index in [-0.39, 0.29) is 25.4 Å². The SMILES string of the molecule is CC(Cc1c[nH]c2ccccc12)(NC(=O)OCC1c2ccccc2-c2ccccc21)C(=O)N[C@@H](Cc1ccccc1)C(N)=O. The van der Waals surface area contributed by atoms with Crippen molar-refractivity contribution in [1.29, 1.82) is 0 Å². The summed E-state index contributed by atoms with van der Waals surface area (Å²) >= 11 is 0. The van der Waals surface area contributed by atoms with Gasteiger partial charge in [0.1, 0.15) is 18.2 Å². The van der Waals surface area contributed by atoms with Crippen molar-refractivity contribution >= 4 is 28.8 Å². The van der Waals surface area contributed by atoms with E-state index in [2.05, 4.69) is 27.8 Å². The van der Waals surface area contributed by atoms with Crippen LogP contribution in [-0.4, -0.2) is 41.1 Å². The van der Waals surface area contributed by atoms with Gasteiger partial charge in [0.2, 0.25) is 11.8 Å². The third-order valence-electron chi connectivity index (χ3n) is 8.37. The molecule has 0 spiro atoms. The quantitative estimate of drug-likeness (QED) is 0.179. The van der Waals surface area contributed by atoms with Crippen molar-refractivity contribution in [3.8, 4) is 11.1 Å². The molecule has 1 aromatic heterocycles. The molecule has 1 aliphatic carbocycles. The first-order chi connectivity index (χ1) is 21.3. The molecule has 6 rings (SSSR count). The van der Waals surface area contributed by atoms with Gasteiger partial charge in [0.05, 0.1) is 0 Å². The van der Waals surface area contributed by atoms with Gasteiger partial charge in [-0.3, -0.25) is 9.59 Å². The van der Waals surface area contributed by atoms with Crippen LogP contribution in [0.5, 0.6) is 0 Å². The second-order valence-corrected chi connectivity index (χ2v) is 11.4. The number of amides is 3. The lowest BCUT2D eigenvalue weighted by Crippen LogP contribution is -2.61. The third kappa shape index (κ3) is 5.79. The molecule has 5 aromatic rings. The van der Waals surface area contributed by atoms with E-state index in [0.717, 1.165) is 44.3 Å². The lowest BCUT2D eigenvalue weighted by molar-refractivity contribution is -0.131. The number of para-hydroxylation sites is 1. The van der Waals surface area contributed by atoms with E-state index in [1.807, 2.05) is 97.2 Å². The molecule has 1 heterocycles. The summed E-state index contributed by atoms with van der Waals surface area (Å²) in [5, 5.41) is 6.57. The summed E-state index contributed by atoms with van der Waals surface area (Å²) in [5.74, 6) is -1.35. The summed E-state index contributed by atoms with van der Waals surface area (Å²) in [5.41, 5.74) is 11.2. The maximum Gasteiger partial charge on any atom is 0.408 e. The van der Waals surface area contributed by atoms with Crippen LogP contribution in [0.1, 0.15) is 35.1 Å². The first-order valence-electron chi connectivity index (χ1n) is 14.6. The number of rotatable bonds is 10. The molecule has 5 N–H and O–H groups in total. The van der Waals surface area contributed by atoms with Crippen molar-refractivity contribution < 1.29 is 19.1 Å². The highest BCUT2D eigenvalue weighted by Gasteiger charge is 2.39. The van der Waals surface area contributed by atoms with Crippen LogP contribution in [-0.2, 0) is 27.2 Å². The Balaban J connectivity index is 1.23. The second kappa shape index (κ2) is 12.1. The molecule has 8 nitrogen and oxygen atoms in total. The van der Waals surface area contributed by atoms with Gasteiger partial charge in [0, 0.05) is 35.9 Å². The zero-order valence-corrected chi connectivity index (χ0v) is 24.4. The second-order valence-electron chi connectivity index (χ2n) is 11.4. The van der Waals surface area contributed by atoms with E-state index in [9.17, 15) is 14.4 Å². The van der Waals surface area contributed by atoms with Crippen molar-refractivity contribution in [3.05, 3.63) is 132 Å². The summed E-state index contributed by atoms with van der Waals surface area (Å²) in [4.78, 5) is 43.0. The predicted octanol–water partition coefficient (Wildman–Crippen LogP) is 5.22. The normalized spacial score (nSPS) is 14.2. The van der Waals surface area contributed by atoms with E-state index in [1.54, 1.807) is 6.92 Å². The monoisotopic (exact) mass is 586 g/mol. The minimum Gasteiger partial charge on any atom is -0.449 e. The van der Waals surface area contributed by atoms with Gasteiger partial charge in [-0.05, 0) is 46.4 Å². The number of hydrogen-bond acceptors (Lipinski definition) is 4. The van der Waals surface area contributed by atoms with Gasteiger partial charge >= 0.3 is 6.09 Å². The number of carbonyl (C=O) groups is 3. The fraction of sp³-hybridized carbons (Fsp3) is 0.194. The lowest BCUT2D eigenvalue weighted by atomic mass is 9.90. The van der Waals surface area contributed by atoms with Gasteiger partial charge < -0.3 is 26.1 Å². The van der Waals surface area contributed by atoms with Crippen molar-refractivity contribution in [1.82, 2.24) is 15.6 Å². The zero-order valence-electron chi connectivity index (χ0n) is 24.4. The highest BCUT2D eigenvalue weighted by molar-refractivity contribution is 5.94. The van der Waals surface area contributed by atoms with Crippen LogP contribution >= 0.6 is 0 Å². The van der Waals surface area contributed by atoms with E-state index in [0.29, 0.717) is 0 Å². The molecule has 0 saturated heterocycles. The number of aromatic nitrogens is 1. The summed E-state index contributed by atoms with van der Waals surface area (Å²) < 4.78 is 5.81. The van der Waals surface area contributed by atoms with E-state index < -0.39 is 29.5 Å². The van der Waals surface area contributed by atoms with Crippen LogP contribution < -0.4 is 16.4 Å². The fourth-order valence-electron chi connectivity index (χ4n) is 6.09.